The maximum Gasteiger partial charge on any atom is 0.191 e. The molecule has 4 N–H and O–H groups in total. The Morgan fingerprint density at radius 3 is 2.75 bits per heavy atom. The summed E-state index contributed by atoms with van der Waals surface area (Å²) in [6.45, 7) is 4.11. The molecule has 2 unspecified atom stereocenters. The molecular weight excluding hydrogens is 224 g/mol. The van der Waals surface area contributed by atoms with Gasteiger partial charge in [0.15, 0.2) is 5.16 Å². The van der Waals surface area contributed by atoms with E-state index in [0.29, 0.717) is 16.8 Å². The molecule has 1 aromatic rings. The number of nitrogens with zero attached hydrogens (tertiary/aromatic N) is 2. The van der Waals surface area contributed by atoms with E-state index < -0.39 is 0 Å². The largest absolute Gasteiger partial charge is 0.396 e. The Balaban J connectivity index is 2.76. The summed E-state index contributed by atoms with van der Waals surface area (Å²) in [7, 11) is 0. The summed E-state index contributed by atoms with van der Waals surface area (Å²) in [5.74, 6) is 1.31. The van der Waals surface area contributed by atoms with Gasteiger partial charge in [-0.05, 0) is 19.1 Å². The second kappa shape index (κ2) is 5.91. The molecule has 1 heterocycles. The van der Waals surface area contributed by atoms with Gasteiger partial charge in [0, 0.05) is 18.7 Å². The molecule has 0 bridgehead atoms. The average Bonchev–Trinajstić information content (AvgIpc) is 2.26. The predicted molar refractivity (Wildman–Crippen MR) is 67.6 cm³/mol. The fourth-order valence-corrected chi connectivity index (χ4v) is 1.53. The van der Waals surface area contributed by atoms with Crippen molar-refractivity contribution in [3.8, 4) is 0 Å². The molecule has 1 aromatic heterocycles. The smallest absolute Gasteiger partial charge is 0.191 e. The van der Waals surface area contributed by atoms with Gasteiger partial charge in [-0.25, -0.2) is 9.97 Å². The highest BCUT2D eigenvalue weighted by molar-refractivity contribution is 7.98. The maximum absolute atomic E-state index is 9.04. The SMILES string of the molecule is CSc1nc(N)cc(NC(C)C(C)CO)n1. The van der Waals surface area contributed by atoms with Crippen molar-refractivity contribution in [1.82, 2.24) is 9.97 Å². The van der Waals surface area contributed by atoms with E-state index >= 15 is 0 Å². The molecule has 0 radical (unpaired) electrons. The van der Waals surface area contributed by atoms with Crippen LogP contribution in [0.4, 0.5) is 11.6 Å². The van der Waals surface area contributed by atoms with Crippen LogP contribution in [0.5, 0.6) is 0 Å². The lowest BCUT2D eigenvalue weighted by Crippen LogP contribution is -2.26. The van der Waals surface area contributed by atoms with E-state index in [0.717, 1.165) is 0 Å². The van der Waals surface area contributed by atoms with Crippen molar-refractivity contribution in [3.63, 3.8) is 0 Å². The van der Waals surface area contributed by atoms with Crippen molar-refractivity contribution in [2.24, 2.45) is 5.92 Å². The fraction of sp³-hybridized carbons (Fsp3) is 0.600. The summed E-state index contributed by atoms with van der Waals surface area (Å²) >= 11 is 1.45. The van der Waals surface area contributed by atoms with Gasteiger partial charge in [-0.3, -0.25) is 0 Å². The molecule has 0 aliphatic carbocycles. The third-order valence-corrected chi connectivity index (χ3v) is 2.97. The van der Waals surface area contributed by atoms with Crippen molar-refractivity contribution in [2.45, 2.75) is 25.0 Å². The standard InChI is InChI=1S/C10H18N4OS/c1-6(5-15)7(2)12-9-4-8(11)13-10(14-9)16-3/h4,6-7,15H,5H2,1-3H3,(H3,11,12,13,14). The van der Waals surface area contributed by atoms with Crippen molar-refractivity contribution in [3.05, 3.63) is 6.07 Å². The lowest BCUT2D eigenvalue weighted by atomic mass is 10.1. The highest BCUT2D eigenvalue weighted by atomic mass is 32.2. The Morgan fingerprint density at radius 1 is 1.50 bits per heavy atom. The molecule has 90 valence electrons. The van der Waals surface area contributed by atoms with E-state index in [1.54, 1.807) is 6.07 Å². The van der Waals surface area contributed by atoms with Gasteiger partial charge in [-0.2, -0.15) is 0 Å². The van der Waals surface area contributed by atoms with Crippen molar-refractivity contribution >= 4 is 23.4 Å². The number of aliphatic hydroxyl groups excluding tert-OH is 1. The normalized spacial score (nSPS) is 14.5. The first kappa shape index (κ1) is 13.1. The van der Waals surface area contributed by atoms with Crippen LogP contribution < -0.4 is 11.1 Å². The molecule has 0 aliphatic heterocycles. The Hall–Kier alpha value is -1.01. The van der Waals surface area contributed by atoms with E-state index in [9.17, 15) is 0 Å². The zero-order valence-electron chi connectivity index (χ0n) is 9.77. The zero-order valence-corrected chi connectivity index (χ0v) is 10.6. The summed E-state index contributed by atoms with van der Waals surface area (Å²) in [5, 5.41) is 12.9. The van der Waals surface area contributed by atoms with E-state index in [1.165, 1.54) is 11.8 Å². The second-order valence-electron chi connectivity index (χ2n) is 3.76. The molecule has 1 rings (SSSR count). The van der Waals surface area contributed by atoms with Gasteiger partial charge in [0.2, 0.25) is 0 Å². The van der Waals surface area contributed by atoms with Crippen LogP contribution in [-0.4, -0.2) is 34.0 Å². The van der Waals surface area contributed by atoms with Crippen LogP contribution in [0.25, 0.3) is 0 Å². The lowest BCUT2D eigenvalue weighted by molar-refractivity contribution is 0.226. The molecule has 0 aromatic carbocycles. The predicted octanol–water partition coefficient (Wildman–Crippen LogP) is 1.21. The Bertz CT molecular complexity index is 348. The minimum atomic E-state index is 0.133. The quantitative estimate of drug-likeness (QED) is 0.531. The van der Waals surface area contributed by atoms with Crippen LogP contribution in [0.3, 0.4) is 0 Å². The Morgan fingerprint density at radius 2 is 2.19 bits per heavy atom. The summed E-state index contributed by atoms with van der Waals surface area (Å²) in [5.41, 5.74) is 5.67. The first-order valence-electron chi connectivity index (χ1n) is 5.12. The van der Waals surface area contributed by atoms with E-state index in [-0.39, 0.29) is 18.6 Å². The number of nitrogens with one attached hydrogen (secondary N) is 1. The van der Waals surface area contributed by atoms with Gasteiger partial charge >= 0.3 is 0 Å². The van der Waals surface area contributed by atoms with Gasteiger partial charge < -0.3 is 16.2 Å². The van der Waals surface area contributed by atoms with Crippen molar-refractivity contribution in [1.29, 1.82) is 0 Å². The summed E-state index contributed by atoms with van der Waals surface area (Å²) < 4.78 is 0. The van der Waals surface area contributed by atoms with Crippen molar-refractivity contribution < 1.29 is 5.11 Å². The monoisotopic (exact) mass is 242 g/mol. The second-order valence-corrected chi connectivity index (χ2v) is 4.53. The van der Waals surface area contributed by atoms with Gasteiger partial charge in [0.05, 0.1) is 0 Å². The molecule has 6 heteroatoms. The first-order valence-corrected chi connectivity index (χ1v) is 6.35. The van der Waals surface area contributed by atoms with E-state index in [1.807, 2.05) is 20.1 Å². The van der Waals surface area contributed by atoms with Gasteiger partial charge in [0.25, 0.3) is 0 Å². The van der Waals surface area contributed by atoms with Gasteiger partial charge in [-0.1, -0.05) is 18.7 Å². The number of rotatable bonds is 5. The average molecular weight is 242 g/mol. The summed E-state index contributed by atoms with van der Waals surface area (Å²) in [6, 6.07) is 1.83. The third kappa shape index (κ3) is 3.53. The van der Waals surface area contributed by atoms with Crippen LogP contribution in [0.2, 0.25) is 0 Å². The topological polar surface area (TPSA) is 84.1 Å². The molecule has 0 amide bonds. The third-order valence-electron chi connectivity index (χ3n) is 2.43. The summed E-state index contributed by atoms with van der Waals surface area (Å²) in [6.07, 6.45) is 1.90. The molecular formula is C10H18N4OS. The number of nitrogens with two attached hydrogens (primary N) is 1. The molecule has 0 fully saturated rings. The molecule has 0 spiro atoms. The van der Waals surface area contributed by atoms with Crippen LogP contribution >= 0.6 is 11.8 Å². The van der Waals surface area contributed by atoms with E-state index in [4.69, 9.17) is 10.8 Å². The molecule has 0 saturated heterocycles. The zero-order chi connectivity index (χ0) is 12.1. The number of aromatic nitrogens is 2. The Labute approximate surface area is 99.9 Å². The first-order chi connectivity index (χ1) is 7.56. The number of anilines is 2. The number of aliphatic hydroxyl groups is 1. The number of nitrogen functional groups attached to an aromatic ring is 1. The van der Waals surface area contributed by atoms with Crippen LogP contribution in [0.15, 0.2) is 11.2 Å². The Kier molecular flexibility index (Phi) is 4.82. The number of thioether (sulfide) groups is 1. The fourth-order valence-electron chi connectivity index (χ4n) is 1.14. The number of hydrogen-bond donors (Lipinski definition) is 3. The summed E-state index contributed by atoms with van der Waals surface area (Å²) in [4.78, 5) is 8.35. The van der Waals surface area contributed by atoms with Crippen LogP contribution in [-0.2, 0) is 0 Å². The van der Waals surface area contributed by atoms with E-state index in [2.05, 4.69) is 15.3 Å². The number of hydrogen-bond acceptors (Lipinski definition) is 6. The van der Waals surface area contributed by atoms with Crippen LogP contribution in [0, 0.1) is 5.92 Å². The lowest BCUT2D eigenvalue weighted by Gasteiger charge is -2.20. The molecule has 5 nitrogen and oxygen atoms in total. The maximum atomic E-state index is 9.04. The minimum absolute atomic E-state index is 0.133. The molecule has 0 aliphatic rings. The minimum Gasteiger partial charge on any atom is -0.396 e. The molecule has 16 heavy (non-hydrogen) atoms. The van der Waals surface area contributed by atoms with Crippen molar-refractivity contribution in [2.75, 3.05) is 23.9 Å². The molecule has 2 atom stereocenters. The van der Waals surface area contributed by atoms with Crippen LogP contribution in [0.1, 0.15) is 13.8 Å². The van der Waals surface area contributed by atoms with Gasteiger partial charge in [0.1, 0.15) is 11.6 Å². The van der Waals surface area contributed by atoms with Gasteiger partial charge in [-0.15, -0.1) is 0 Å². The highest BCUT2D eigenvalue weighted by Crippen LogP contribution is 2.17. The highest BCUT2D eigenvalue weighted by Gasteiger charge is 2.12. The molecule has 0 saturated carbocycles.